The molecule has 0 aliphatic heterocycles. The van der Waals surface area contributed by atoms with Crippen LogP contribution in [0.4, 0.5) is 0 Å². The monoisotopic (exact) mass is 318 g/mol. The first-order valence-corrected chi connectivity index (χ1v) is 8.56. The first-order valence-electron chi connectivity index (χ1n) is 6.25. The van der Waals surface area contributed by atoms with Crippen LogP contribution < -0.4 is 4.74 Å². The number of halogens is 1. The summed E-state index contributed by atoms with van der Waals surface area (Å²) in [6.45, 7) is 0. The number of methoxy groups -OCH3 is 1. The number of carbonyl (C=O) groups is 1. The van der Waals surface area contributed by atoms with E-state index in [0.29, 0.717) is 0 Å². The second-order valence-corrected chi connectivity index (χ2v) is 7.15. The van der Waals surface area contributed by atoms with Gasteiger partial charge in [0, 0.05) is 10.7 Å². The van der Waals surface area contributed by atoms with Gasteiger partial charge in [-0.05, 0) is 43.9 Å². The molecule has 2 rings (SSSR count). The second-order valence-electron chi connectivity index (χ2n) is 4.62. The highest BCUT2D eigenvalue weighted by Crippen LogP contribution is 2.29. The van der Waals surface area contributed by atoms with Gasteiger partial charge in [-0.15, -0.1) is 0 Å². The van der Waals surface area contributed by atoms with E-state index in [1.165, 1.54) is 25.3 Å². The minimum absolute atomic E-state index is 0.0827. The van der Waals surface area contributed by atoms with Crippen molar-refractivity contribution in [1.29, 1.82) is 0 Å². The van der Waals surface area contributed by atoms with Gasteiger partial charge in [0.25, 0.3) is 9.05 Å². The van der Waals surface area contributed by atoms with Gasteiger partial charge < -0.3 is 9.47 Å². The van der Waals surface area contributed by atoms with Crippen LogP contribution in [-0.2, 0) is 13.8 Å². The third-order valence-electron chi connectivity index (χ3n) is 3.24. The molecule has 5 nitrogen and oxygen atoms in total. The molecular weight excluding hydrogens is 304 g/mol. The molecule has 7 heteroatoms. The standard InChI is InChI=1S/C13H15ClO5S/c1-18-11-7-6-9(8-12(11)20(14,16)17)13(15)19-10-4-2-3-5-10/h6-8,10H,2-5H2,1H3. The minimum atomic E-state index is -3.99. The van der Waals surface area contributed by atoms with Crippen molar-refractivity contribution in [3.8, 4) is 5.75 Å². The van der Waals surface area contributed by atoms with Crippen molar-refractivity contribution in [2.75, 3.05) is 7.11 Å². The Morgan fingerprint density at radius 3 is 2.50 bits per heavy atom. The maximum atomic E-state index is 12.0. The Bertz CT molecular complexity index is 605. The van der Waals surface area contributed by atoms with Crippen LogP contribution >= 0.6 is 10.7 Å². The largest absolute Gasteiger partial charge is 0.495 e. The molecule has 0 unspecified atom stereocenters. The Morgan fingerprint density at radius 2 is 1.95 bits per heavy atom. The van der Waals surface area contributed by atoms with E-state index in [2.05, 4.69) is 0 Å². The van der Waals surface area contributed by atoms with Gasteiger partial charge in [-0.2, -0.15) is 0 Å². The number of rotatable bonds is 4. The molecular formula is C13H15ClO5S. The Hall–Kier alpha value is -1.27. The summed E-state index contributed by atoms with van der Waals surface area (Å²) < 4.78 is 33.2. The average molecular weight is 319 g/mol. The fraction of sp³-hybridized carbons (Fsp3) is 0.462. The smallest absolute Gasteiger partial charge is 0.338 e. The molecule has 0 atom stereocenters. The van der Waals surface area contributed by atoms with Crippen LogP contribution in [0, 0.1) is 0 Å². The van der Waals surface area contributed by atoms with E-state index >= 15 is 0 Å². The molecule has 0 aromatic heterocycles. The lowest BCUT2D eigenvalue weighted by Crippen LogP contribution is -2.15. The third kappa shape index (κ3) is 3.43. The van der Waals surface area contributed by atoms with E-state index in [9.17, 15) is 13.2 Å². The van der Waals surface area contributed by atoms with E-state index < -0.39 is 15.0 Å². The number of hydrogen-bond acceptors (Lipinski definition) is 5. The first kappa shape index (κ1) is 15.1. The number of esters is 1. The van der Waals surface area contributed by atoms with Gasteiger partial charge in [-0.3, -0.25) is 0 Å². The van der Waals surface area contributed by atoms with Crippen molar-refractivity contribution < 1.29 is 22.7 Å². The fourth-order valence-electron chi connectivity index (χ4n) is 2.22. The number of carbonyl (C=O) groups excluding carboxylic acids is 1. The van der Waals surface area contributed by atoms with Gasteiger partial charge in [0.1, 0.15) is 16.7 Å². The van der Waals surface area contributed by atoms with Crippen LogP contribution in [0.1, 0.15) is 36.0 Å². The van der Waals surface area contributed by atoms with Gasteiger partial charge in [0.2, 0.25) is 0 Å². The molecule has 0 N–H and O–H groups in total. The summed E-state index contributed by atoms with van der Waals surface area (Å²) in [6.07, 6.45) is 3.70. The molecule has 0 radical (unpaired) electrons. The van der Waals surface area contributed by atoms with Crippen LogP contribution in [0.25, 0.3) is 0 Å². The van der Waals surface area contributed by atoms with E-state index in [1.807, 2.05) is 0 Å². The van der Waals surface area contributed by atoms with Crippen molar-refractivity contribution in [3.05, 3.63) is 23.8 Å². The van der Waals surface area contributed by atoms with Crippen molar-refractivity contribution >= 4 is 25.7 Å². The molecule has 20 heavy (non-hydrogen) atoms. The maximum absolute atomic E-state index is 12.0. The molecule has 0 bridgehead atoms. The molecule has 1 saturated carbocycles. The summed E-state index contributed by atoms with van der Waals surface area (Å²) >= 11 is 0. The molecule has 0 heterocycles. The number of benzene rings is 1. The van der Waals surface area contributed by atoms with Crippen LogP contribution in [0.3, 0.4) is 0 Å². The van der Waals surface area contributed by atoms with Crippen molar-refractivity contribution in [2.45, 2.75) is 36.7 Å². The van der Waals surface area contributed by atoms with Crippen LogP contribution in [-0.4, -0.2) is 27.6 Å². The molecule has 1 fully saturated rings. The first-order chi connectivity index (χ1) is 9.41. The molecule has 0 saturated heterocycles. The summed E-state index contributed by atoms with van der Waals surface area (Å²) in [7, 11) is 2.67. The predicted octanol–water partition coefficient (Wildman–Crippen LogP) is 2.72. The molecule has 0 amide bonds. The van der Waals surface area contributed by atoms with Crippen molar-refractivity contribution in [1.82, 2.24) is 0 Å². The van der Waals surface area contributed by atoms with E-state index in [-0.39, 0.29) is 22.3 Å². The van der Waals surface area contributed by atoms with E-state index in [1.54, 1.807) is 0 Å². The third-order valence-corrected chi connectivity index (χ3v) is 4.58. The normalized spacial score (nSPS) is 16.1. The molecule has 1 aromatic rings. The SMILES string of the molecule is COc1ccc(C(=O)OC2CCCC2)cc1S(=O)(=O)Cl. The van der Waals surface area contributed by atoms with Crippen LogP contribution in [0.5, 0.6) is 5.75 Å². The molecule has 1 aliphatic carbocycles. The zero-order valence-corrected chi connectivity index (χ0v) is 12.5. The lowest BCUT2D eigenvalue weighted by molar-refractivity contribution is 0.0317. The minimum Gasteiger partial charge on any atom is -0.495 e. The van der Waals surface area contributed by atoms with Crippen molar-refractivity contribution in [2.24, 2.45) is 0 Å². The molecule has 0 spiro atoms. The topological polar surface area (TPSA) is 69.7 Å². The quantitative estimate of drug-likeness (QED) is 0.630. The summed E-state index contributed by atoms with van der Waals surface area (Å²) in [4.78, 5) is 11.7. The Morgan fingerprint density at radius 1 is 1.30 bits per heavy atom. The van der Waals surface area contributed by atoms with Crippen LogP contribution in [0.15, 0.2) is 23.1 Å². The number of ether oxygens (including phenoxy) is 2. The Balaban J connectivity index is 2.26. The zero-order valence-electron chi connectivity index (χ0n) is 11.0. The highest BCUT2D eigenvalue weighted by Gasteiger charge is 2.23. The molecule has 1 aliphatic rings. The molecule has 1 aromatic carbocycles. The van der Waals surface area contributed by atoms with Gasteiger partial charge in [-0.25, -0.2) is 13.2 Å². The fourth-order valence-corrected chi connectivity index (χ4v) is 3.24. The Labute approximate surface area is 122 Å². The lowest BCUT2D eigenvalue weighted by Gasteiger charge is -2.12. The van der Waals surface area contributed by atoms with Gasteiger partial charge in [0.05, 0.1) is 12.7 Å². The Kier molecular flexibility index (Phi) is 4.55. The van der Waals surface area contributed by atoms with Crippen LogP contribution in [0.2, 0.25) is 0 Å². The summed E-state index contributed by atoms with van der Waals surface area (Å²) in [5.41, 5.74) is 0.150. The summed E-state index contributed by atoms with van der Waals surface area (Å²) in [6, 6.07) is 4.03. The average Bonchev–Trinajstić information content (AvgIpc) is 2.89. The number of hydrogen-bond donors (Lipinski definition) is 0. The van der Waals surface area contributed by atoms with E-state index in [4.69, 9.17) is 20.2 Å². The molecule has 110 valence electrons. The zero-order chi connectivity index (χ0) is 14.8. The van der Waals surface area contributed by atoms with E-state index in [0.717, 1.165) is 25.7 Å². The highest BCUT2D eigenvalue weighted by atomic mass is 35.7. The summed E-state index contributed by atoms with van der Waals surface area (Å²) in [5, 5.41) is 0. The van der Waals surface area contributed by atoms with Crippen molar-refractivity contribution in [3.63, 3.8) is 0 Å². The predicted molar refractivity (Wildman–Crippen MR) is 73.7 cm³/mol. The highest BCUT2D eigenvalue weighted by molar-refractivity contribution is 8.13. The van der Waals surface area contributed by atoms with Gasteiger partial charge in [0.15, 0.2) is 0 Å². The van der Waals surface area contributed by atoms with Gasteiger partial charge >= 0.3 is 5.97 Å². The second kappa shape index (κ2) is 6.01. The lowest BCUT2D eigenvalue weighted by atomic mass is 10.2. The summed E-state index contributed by atoms with van der Waals surface area (Å²) in [5.74, 6) is -0.446. The van der Waals surface area contributed by atoms with Gasteiger partial charge in [-0.1, -0.05) is 0 Å². The maximum Gasteiger partial charge on any atom is 0.338 e.